The Morgan fingerprint density at radius 2 is 2.35 bits per heavy atom. The first-order valence-corrected chi connectivity index (χ1v) is 6.80. The summed E-state index contributed by atoms with van der Waals surface area (Å²) in [5, 5.41) is 12.0. The minimum atomic E-state index is -0.646. The van der Waals surface area contributed by atoms with Crippen molar-refractivity contribution in [1.29, 1.82) is 0 Å². The number of carbonyl (C=O) groups excluding carboxylic acids is 2. The predicted molar refractivity (Wildman–Crippen MR) is 72.0 cm³/mol. The van der Waals surface area contributed by atoms with E-state index in [-0.39, 0.29) is 30.2 Å². The van der Waals surface area contributed by atoms with Crippen LogP contribution >= 0.6 is 0 Å². The van der Waals surface area contributed by atoms with E-state index >= 15 is 0 Å². The SMILES string of the molecule is CC(NC(=O)c1ccco1)C(=O)N1CCC(C)C1CO. The number of carbonyl (C=O) groups is 2. The molecule has 2 rings (SSSR count). The highest BCUT2D eigenvalue weighted by Crippen LogP contribution is 2.24. The number of aliphatic hydroxyl groups excluding tert-OH is 1. The summed E-state index contributed by atoms with van der Waals surface area (Å²) in [6.45, 7) is 4.22. The van der Waals surface area contributed by atoms with E-state index in [4.69, 9.17) is 4.42 Å². The highest BCUT2D eigenvalue weighted by atomic mass is 16.3. The lowest BCUT2D eigenvalue weighted by atomic mass is 10.0. The Hall–Kier alpha value is -1.82. The number of hydrogen-bond donors (Lipinski definition) is 2. The summed E-state index contributed by atoms with van der Waals surface area (Å²) >= 11 is 0. The number of furan rings is 1. The van der Waals surface area contributed by atoms with Crippen molar-refractivity contribution < 1.29 is 19.1 Å². The van der Waals surface area contributed by atoms with Crippen molar-refractivity contribution in [3.8, 4) is 0 Å². The Kier molecular flexibility index (Phi) is 4.44. The zero-order valence-corrected chi connectivity index (χ0v) is 11.7. The van der Waals surface area contributed by atoms with Crippen LogP contribution in [-0.4, -0.2) is 47.1 Å². The Bertz CT molecular complexity index is 472. The summed E-state index contributed by atoms with van der Waals surface area (Å²) in [5.41, 5.74) is 0. The predicted octanol–water partition coefficient (Wildman–Crippen LogP) is 0.627. The van der Waals surface area contributed by atoms with Gasteiger partial charge in [0.1, 0.15) is 6.04 Å². The van der Waals surface area contributed by atoms with Gasteiger partial charge in [-0.3, -0.25) is 9.59 Å². The zero-order chi connectivity index (χ0) is 14.7. The molecule has 3 unspecified atom stereocenters. The quantitative estimate of drug-likeness (QED) is 0.847. The first-order chi connectivity index (χ1) is 9.54. The van der Waals surface area contributed by atoms with Gasteiger partial charge >= 0.3 is 0 Å². The second-order valence-corrected chi connectivity index (χ2v) is 5.22. The molecule has 0 saturated carbocycles. The van der Waals surface area contributed by atoms with Crippen LogP contribution in [0.4, 0.5) is 0 Å². The molecular weight excluding hydrogens is 260 g/mol. The van der Waals surface area contributed by atoms with Crippen LogP contribution in [0.2, 0.25) is 0 Å². The third-order valence-electron chi connectivity index (χ3n) is 3.82. The Balaban J connectivity index is 1.97. The molecule has 0 spiro atoms. The third-order valence-corrected chi connectivity index (χ3v) is 3.82. The first-order valence-electron chi connectivity index (χ1n) is 6.80. The summed E-state index contributed by atoms with van der Waals surface area (Å²) < 4.78 is 4.98. The first kappa shape index (κ1) is 14.6. The molecule has 0 bridgehead atoms. The van der Waals surface area contributed by atoms with E-state index in [1.54, 1.807) is 24.0 Å². The van der Waals surface area contributed by atoms with Crippen LogP contribution in [0.3, 0.4) is 0 Å². The molecule has 1 fully saturated rings. The number of hydrogen-bond acceptors (Lipinski definition) is 4. The average molecular weight is 280 g/mol. The molecule has 20 heavy (non-hydrogen) atoms. The van der Waals surface area contributed by atoms with Crippen molar-refractivity contribution in [1.82, 2.24) is 10.2 Å². The van der Waals surface area contributed by atoms with Gasteiger partial charge in [0, 0.05) is 6.54 Å². The molecule has 6 nitrogen and oxygen atoms in total. The minimum Gasteiger partial charge on any atom is -0.459 e. The third kappa shape index (κ3) is 2.85. The largest absolute Gasteiger partial charge is 0.459 e. The number of nitrogens with zero attached hydrogens (tertiary/aromatic N) is 1. The van der Waals surface area contributed by atoms with Gasteiger partial charge in [0.25, 0.3) is 5.91 Å². The smallest absolute Gasteiger partial charge is 0.287 e. The second-order valence-electron chi connectivity index (χ2n) is 5.22. The normalized spacial score (nSPS) is 23.6. The topological polar surface area (TPSA) is 82.8 Å². The van der Waals surface area contributed by atoms with Crippen LogP contribution in [0, 0.1) is 5.92 Å². The average Bonchev–Trinajstić information content (AvgIpc) is 3.06. The number of likely N-dealkylation sites (tertiary alicyclic amines) is 1. The Morgan fingerprint density at radius 3 is 2.95 bits per heavy atom. The molecule has 2 amide bonds. The van der Waals surface area contributed by atoms with Crippen molar-refractivity contribution in [3.63, 3.8) is 0 Å². The maximum atomic E-state index is 12.3. The fourth-order valence-electron chi connectivity index (χ4n) is 2.55. The van der Waals surface area contributed by atoms with E-state index in [1.165, 1.54) is 6.26 Å². The van der Waals surface area contributed by atoms with E-state index in [0.717, 1.165) is 6.42 Å². The summed E-state index contributed by atoms with van der Waals surface area (Å²) in [5.74, 6) is -0.132. The van der Waals surface area contributed by atoms with Crippen molar-refractivity contribution in [2.75, 3.05) is 13.2 Å². The molecule has 1 aliphatic heterocycles. The standard InChI is InChI=1S/C14H20N2O4/c1-9-5-6-16(11(9)8-17)14(19)10(2)15-13(18)12-4-3-7-20-12/h3-4,7,9-11,17H,5-6,8H2,1-2H3,(H,15,18). The fourth-order valence-corrected chi connectivity index (χ4v) is 2.55. The van der Waals surface area contributed by atoms with Crippen molar-refractivity contribution in [2.45, 2.75) is 32.4 Å². The van der Waals surface area contributed by atoms with Gasteiger partial charge in [-0.05, 0) is 31.4 Å². The molecule has 0 aromatic carbocycles. The highest BCUT2D eigenvalue weighted by Gasteiger charge is 2.36. The van der Waals surface area contributed by atoms with Crippen molar-refractivity contribution in [3.05, 3.63) is 24.2 Å². The Morgan fingerprint density at radius 1 is 1.60 bits per heavy atom. The highest BCUT2D eigenvalue weighted by molar-refractivity contribution is 5.95. The summed E-state index contributed by atoms with van der Waals surface area (Å²) in [7, 11) is 0. The van der Waals surface area contributed by atoms with Gasteiger partial charge in [0.15, 0.2) is 5.76 Å². The van der Waals surface area contributed by atoms with E-state index < -0.39 is 11.9 Å². The minimum absolute atomic E-state index is 0.0498. The number of aliphatic hydroxyl groups is 1. The van der Waals surface area contributed by atoms with E-state index in [1.807, 2.05) is 6.92 Å². The maximum Gasteiger partial charge on any atom is 0.287 e. The van der Waals surface area contributed by atoms with Gasteiger partial charge in [0.2, 0.25) is 5.91 Å². The molecule has 1 aromatic heterocycles. The summed E-state index contributed by atoms with van der Waals surface area (Å²) in [6.07, 6.45) is 2.28. The number of nitrogens with one attached hydrogen (secondary N) is 1. The van der Waals surface area contributed by atoms with E-state index in [0.29, 0.717) is 6.54 Å². The lowest BCUT2D eigenvalue weighted by molar-refractivity contribution is -0.134. The maximum absolute atomic E-state index is 12.3. The number of amides is 2. The van der Waals surface area contributed by atoms with Gasteiger partial charge in [-0.25, -0.2) is 0 Å². The monoisotopic (exact) mass is 280 g/mol. The van der Waals surface area contributed by atoms with Crippen LogP contribution in [0.15, 0.2) is 22.8 Å². The lowest BCUT2D eigenvalue weighted by Crippen LogP contribution is -2.50. The van der Waals surface area contributed by atoms with Crippen LogP contribution < -0.4 is 5.32 Å². The Labute approximate surface area is 117 Å². The van der Waals surface area contributed by atoms with Gasteiger partial charge in [-0.15, -0.1) is 0 Å². The zero-order valence-electron chi connectivity index (χ0n) is 11.7. The molecule has 0 aliphatic carbocycles. The van der Waals surface area contributed by atoms with E-state index in [2.05, 4.69) is 5.32 Å². The molecule has 110 valence electrons. The molecular formula is C14H20N2O4. The van der Waals surface area contributed by atoms with Crippen molar-refractivity contribution in [2.24, 2.45) is 5.92 Å². The fraction of sp³-hybridized carbons (Fsp3) is 0.571. The van der Waals surface area contributed by atoms with Crippen LogP contribution in [0.25, 0.3) is 0 Å². The molecule has 2 N–H and O–H groups in total. The van der Waals surface area contributed by atoms with Crippen molar-refractivity contribution >= 4 is 11.8 Å². The van der Waals surface area contributed by atoms with Gasteiger partial charge in [-0.1, -0.05) is 6.92 Å². The summed E-state index contributed by atoms with van der Waals surface area (Å²) in [6, 6.07) is 2.35. The summed E-state index contributed by atoms with van der Waals surface area (Å²) in [4.78, 5) is 25.8. The second kappa shape index (κ2) is 6.09. The lowest BCUT2D eigenvalue weighted by Gasteiger charge is -2.28. The van der Waals surface area contributed by atoms with Gasteiger partial charge in [-0.2, -0.15) is 0 Å². The molecule has 2 heterocycles. The molecule has 6 heteroatoms. The molecule has 1 aromatic rings. The van der Waals surface area contributed by atoms with Gasteiger partial charge < -0.3 is 19.7 Å². The molecule has 3 atom stereocenters. The van der Waals surface area contributed by atoms with E-state index in [9.17, 15) is 14.7 Å². The van der Waals surface area contributed by atoms with Crippen LogP contribution in [0.1, 0.15) is 30.8 Å². The molecule has 1 aliphatic rings. The van der Waals surface area contributed by atoms with Gasteiger partial charge in [0.05, 0.1) is 18.9 Å². The number of rotatable bonds is 4. The molecule has 0 radical (unpaired) electrons. The van der Waals surface area contributed by atoms with Crippen LogP contribution in [-0.2, 0) is 4.79 Å². The van der Waals surface area contributed by atoms with Crippen LogP contribution in [0.5, 0.6) is 0 Å². The molecule has 1 saturated heterocycles.